The number of hydrogen-bond donors (Lipinski definition) is 1. The number of anilines is 2. The molecule has 0 atom stereocenters. The van der Waals surface area contributed by atoms with Gasteiger partial charge in [-0.05, 0) is 54.6 Å². The molecular formula is C24H20BrF3N4O2. The molecule has 3 aromatic rings. The van der Waals surface area contributed by atoms with Crippen LogP contribution in [-0.4, -0.2) is 47.9 Å². The third-order valence-electron chi connectivity index (χ3n) is 5.44. The van der Waals surface area contributed by atoms with Gasteiger partial charge < -0.3 is 15.1 Å². The average Bonchev–Trinajstić information content (AvgIpc) is 2.84. The maximum absolute atomic E-state index is 12.9. The smallest absolute Gasteiger partial charge is 0.353 e. The minimum absolute atomic E-state index is 0.0206. The Labute approximate surface area is 202 Å². The van der Waals surface area contributed by atoms with Gasteiger partial charge >= 0.3 is 6.18 Å². The highest BCUT2D eigenvalue weighted by Gasteiger charge is 2.31. The summed E-state index contributed by atoms with van der Waals surface area (Å²) >= 11 is 3.36. The average molecular weight is 533 g/mol. The van der Waals surface area contributed by atoms with Crippen LogP contribution in [0, 0.1) is 0 Å². The van der Waals surface area contributed by atoms with Crippen molar-refractivity contribution in [1.29, 1.82) is 0 Å². The van der Waals surface area contributed by atoms with E-state index in [-0.39, 0.29) is 11.5 Å². The molecular weight excluding hydrogens is 513 g/mol. The summed E-state index contributed by atoms with van der Waals surface area (Å²) in [5.41, 5.74) is 0.0303. The Morgan fingerprint density at radius 2 is 1.62 bits per heavy atom. The molecule has 4 rings (SSSR count). The molecule has 2 heterocycles. The van der Waals surface area contributed by atoms with E-state index in [2.05, 4.69) is 26.2 Å². The Kier molecular flexibility index (Phi) is 6.87. The number of rotatable bonds is 4. The molecule has 34 heavy (non-hydrogen) atoms. The highest BCUT2D eigenvalue weighted by molar-refractivity contribution is 9.10. The molecule has 2 amide bonds. The van der Waals surface area contributed by atoms with Gasteiger partial charge in [0, 0.05) is 41.8 Å². The Morgan fingerprint density at radius 1 is 0.912 bits per heavy atom. The van der Waals surface area contributed by atoms with Crippen LogP contribution in [-0.2, 0) is 6.18 Å². The zero-order valence-corrected chi connectivity index (χ0v) is 19.4. The molecule has 0 unspecified atom stereocenters. The first-order chi connectivity index (χ1) is 16.2. The van der Waals surface area contributed by atoms with Gasteiger partial charge in [0.25, 0.3) is 11.8 Å². The molecule has 0 spiro atoms. The van der Waals surface area contributed by atoms with Gasteiger partial charge in [-0.1, -0.05) is 22.0 Å². The third kappa shape index (κ3) is 5.56. The number of halogens is 4. The van der Waals surface area contributed by atoms with E-state index in [0.717, 1.165) is 16.6 Å². The summed E-state index contributed by atoms with van der Waals surface area (Å²) in [6, 6.07) is 14.9. The van der Waals surface area contributed by atoms with Gasteiger partial charge in [0.05, 0.1) is 17.4 Å². The lowest BCUT2D eigenvalue weighted by Gasteiger charge is -2.35. The summed E-state index contributed by atoms with van der Waals surface area (Å²) < 4.78 is 39.5. The van der Waals surface area contributed by atoms with Crippen molar-refractivity contribution in [2.75, 3.05) is 36.4 Å². The molecule has 6 nitrogen and oxygen atoms in total. The molecule has 2 aromatic carbocycles. The van der Waals surface area contributed by atoms with Crippen molar-refractivity contribution in [3.8, 4) is 0 Å². The van der Waals surface area contributed by atoms with Crippen molar-refractivity contribution < 1.29 is 22.8 Å². The van der Waals surface area contributed by atoms with E-state index in [1.54, 1.807) is 29.2 Å². The van der Waals surface area contributed by atoms with Crippen molar-refractivity contribution >= 4 is 39.2 Å². The molecule has 1 fully saturated rings. The van der Waals surface area contributed by atoms with Crippen LogP contribution in [0.3, 0.4) is 0 Å². The van der Waals surface area contributed by atoms with E-state index in [1.165, 1.54) is 18.3 Å². The molecule has 1 saturated heterocycles. The maximum Gasteiger partial charge on any atom is 0.416 e. The number of benzene rings is 2. The molecule has 0 saturated carbocycles. The highest BCUT2D eigenvalue weighted by atomic mass is 79.9. The molecule has 0 radical (unpaired) electrons. The van der Waals surface area contributed by atoms with E-state index in [0.29, 0.717) is 43.2 Å². The second kappa shape index (κ2) is 9.84. The molecule has 176 valence electrons. The van der Waals surface area contributed by atoms with Gasteiger partial charge in [0.15, 0.2) is 0 Å². The zero-order valence-electron chi connectivity index (χ0n) is 17.8. The summed E-state index contributed by atoms with van der Waals surface area (Å²) in [6.45, 7) is 2.30. The molecule has 1 N–H and O–H groups in total. The molecule has 1 aliphatic heterocycles. The van der Waals surface area contributed by atoms with Crippen LogP contribution < -0.4 is 10.2 Å². The summed E-state index contributed by atoms with van der Waals surface area (Å²) in [6.07, 6.45) is -3.06. The summed E-state index contributed by atoms with van der Waals surface area (Å²) in [4.78, 5) is 33.2. The van der Waals surface area contributed by atoms with Gasteiger partial charge in [-0.3, -0.25) is 9.59 Å². The SMILES string of the molecule is O=C(Nc1ccc(N2CCN(C(=O)c3ccc(Br)cc3)CC2)nc1)c1cccc(C(F)(F)F)c1. The van der Waals surface area contributed by atoms with E-state index in [9.17, 15) is 22.8 Å². The van der Waals surface area contributed by atoms with Gasteiger partial charge in [-0.15, -0.1) is 0 Å². The predicted octanol–water partition coefficient (Wildman–Crippen LogP) is 5.08. The summed E-state index contributed by atoms with van der Waals surface area (Å²) in [5.74, 6) is 0.0151. The first kappa shape index (κ1) is 23.7. The molecule has 0 aliphatic carbocycles. The Morgan fingerprint density at radius 3 is 2.24 bits per heavy atom. The van der Waals surface area contributed by atoms with Crippen LogP contribution in [0.25, 0.3) is 0 Å². The Balaban J connectivity index is 1.34. The van der Waals surface area contributed by atoms with Crippen molar-refractivity contribution in [1.82, 2.24) is 9.88 Å². The Hall–Kier alpha value is -3.40. The van der Waals surface area contributed by atoms with E-state index in [4.69, 9.17) is 0 Å². The van der Waals surface area contributed by atoms with Gasteiger partial charge in [0.1, 0.15) is 5.82 Å². The second-order valence-electron chi connectivity index (χ2n) is 7.72. The normalized spacial score (nSPS) is 14.1. The van der Waals surface area contributed by atoms with Gasteiger partial charge in [-0.25, -0.2) is 4.98 Å². The van der Waals surface area contributed by atoms with Gasteiger partial charge in [-0.2, -0.15) is 13.2 Å². The largest absolute Gasteiger partial charge is 0.416 e. The number of alkyl halides is 3. The predicted molar refractivity (Wildman–Crippen MR) is 126 cm³/mol. The monoisotopic (exact) mass is 532 g/mol. The molecule has 0 bridgehead atoms. The fraction of sp³-hybridized carbons (Fsp3) is 0.208. The number of nitrogens with one attached hydrogen (secondary N) is 1. The number of nitrogens with zero attached hydrogens (tertiary/aromatic N) is 3. The van der Waals surface area contributed by atoms with Crippen LogP contribution in [0.1, 0.15) is 26.3 Å². The van der Waals surface area contributed by atoms with Crippen molar-refractivity contribution in [3.63, 3.8) is 0 Å². The minimum Gasteiger partial charge on any atom is -0.353 e. The van der Waals surface area contributed by atoms with Crippen LogP contribution in [0.5, 0.6) is 0 Å². The van der Waals surface area contributed by atoms with Gasteiger partial charge in [0.2, 0.25) is 0 Å². The number of piperazine rings is 1. The van der Waals surface area contributed by atoms with E-state index >= 15 is 0 Å². The van der Waals surface area contributed by atoms with Crippen molar-refractivity contribution in [3.05, 3.63) is 88.0 Å². The first-order valence-corrected chi connectivity index (χ1v) is 11.2. The Bertz CT molecular complexity index is 1180. The summed E-state index contributed by atoms with van der Waals surface area (Å²) in [5, 5.41) is 2.57. The standard InChI is InChI=1S/C24H20BrF3N4O2/c25-19-6-4-16(5-7-19)23(34)32-12-10-31(11-13-32)21-9-8-20(15-29-21)30-22(33)17-2-1-3-18(14-17)24(26,27)28/h1-9,14-15H,10-13H2,(H,30,33). The number of aromatic nitrogens is 1. The number of carbonyl (C=O) groups is 2. The maximum atomic E-state index is 12.9. The van der Waals surface area contributed by atoms with E-state index in [1.807, 2.05) is 17.0 Å². The lowest BCUT2D eigenvalue weighted by molar-refractivity contribution is -0.137. The lowest BCUT2D eigenvalue weighted by atomic mass is 10.1. The minimum atomic E-state index is -4.52. The van der Waals surface area contributed by atoms with Crippen molar-refractivity contribution in [2.24, 2.45) is 0 Å². The second-order valence-corrected chi connectivity index (χ2v) is 8.64. The number of hydrogen-bond acceptors (Lipinski definition) is 4. The lowest BCUT2D eigenvalue weighted by Crippen LogP contribution is -2.49. The fourth-order valence-electron chi connectivity index (χ4n) is 3.60. The third-order valence-corrected chi connectivity index (χ3v) is 5.97. The number of carbonyl (C=O) groups excluding carboxylic acids is 2. The topological polar surface area (TPSA) is 65.5 Å². The van der Waals surface area contributed by atoms with E-state index < -0.39 is 17.6 Å². The van der Waals surface area contributed by atoms with Crippen LogP contribution in [0.2, 0.25) is 0 Å². The summed E-state index contributed by atoms with van der Waals surface area (Å²) in [7, 11) is 0. The quantitative estimate of drug-likeness (QED) is 0.509. The fourth-order valence-corrected chi connectivity index (χ4v) is 3.87. The highest BCUT2D eigenvalue weighted by Crippen LogP contribution is 2.29. The molecule has 1 aromatic heterocycles. The van der Waals surface area contributed by atoms with Crippen LogP contribution in [0.15, 0.2) is 71.3 Å². The van der Waals surface area contributed by atoms with Crippen LogP contribution >= 0.6 is 15.9 Å². The van der Waals surface area contributed by atoms with Crippen molar-refractivity contribution in [2.45, 2.75) is 6.18 Å². The van der Waals surface area contributed by atoms with Crippen LogP contribution in [0.4, 0.5) is 24.7 Å². The number of pyridine rings is 1. The first-order valence-electron chi connectivity index (χ1n) is 10.5. The molecule has 10 heteroatoms. The zero-order chi connectivity index (χ0) is 24.3. The molecule has 1 aliphatic rings. The number of amides is 2.